The molecule has 0 saturated carbocycles. The predicted molar refractivity (Wildman–Crippen MR) is 83.6 cm³/mol. The van der Waals surface area contributed by atoms with E-state index in [0.29, 0.717) is 13.1 Å². The summed E-state index contributed by atoms with van der Waals surface area (Å²) in [4.78, 5) is 14.0. The van der Waals surface area contributed by atoms with E-state index in [9.17, 15) is 4.79 Å². The largest absolute Gasteiger partial charge is 0.353 e. The van der Waals surface area contributed by atoms with Crippen LogP contribution in [0.2, 0.25) is 0 Å². The van der Waals surface area contributed by atoms with Crippen LogP contribution in [-0.2, 0) is 4.79 Å². The average molecular weight is 277 g/mol. The number of hydrogen-bond acceptors (Lipinski definition) is 3. The summed E-state index contributed by atoms with van der Waals surface area (Å²) >= 11 is 0. The molecular weight excluding hydrogens is 250 g/mol. The van der Waals surface area contributed by atoms with E-state index in [1.54, 1.807) is 0 Å². The molecule has 0 heterocycles. The maximum Gasteiger partial charge on any atom is 0.234 e. The van der Waals surface area contributed by atoms with Crippen molar-refractivity contribution in [3.05, 3.63) is 35.9 Å². The third-order valence-corrected chi connectivity index (χ3v) is 3.08. The van der Waals surface area contributed by atoms with Gasteiger partial charge in [0.15, 0.2) is 0 Å². The maximum atomic E-state index is 11.9. The molecule has 1 rings (SSSR count). The van der Waals surface area contributed by atoms with Crippen LogP contribution in [0, 0.1) is 0 Å². The van der Waals surface area contributed by atoms with Crippen molar-refractivity contribution in [2.45, 2.75) is 32.4 Å². The molecule has 0 aliphatic heterocycles. The molecule has 1 unspecified atom stereocenters. The van der Waals surface area contributed by atoms with Crippen LogP contribution in [0.15, 0.2) is 30.3 Å². The minimum atomic E-state index is -0.0439. The van der Waals surface area contributed by atoms with Crippen molar-refractivity contribution in [2.75, 3.05) is 27.2 Å². The quantitative estimate of drug-likeness (QED) is 0.833. The second-order valence-corrected chi connectivity index (χ2v) is 6.30. The van der Waals surface area contributed by atoms with Crippen LogP contribution in [0.25, 0.3) is 0 Å². The Kier molecular flexibility index (Phi) is 6.17. The van der Waals surface area contributed by atoms with Crippen molar-refractivity contribution in [1.29, 1.82) is 0 Å². The lowest BCUT2D eigenvalue weighted by Crippen LogP contribution is -2.44. The molecule has 0 aromatic heterocycles. The number of rotatable bonds is 6. The Morgan fingerprint density at radius 3 is 2.30 bits per heavy atom. The van der Waals surface area contributed by atoms with Crippen molar-refractivity contribution in [2.24, 2.45) is 0 Å². The van der Waals surface area contributed by atoms with E-state index in [-0.39, 0.29) is 17.5 Å². The fourth-order valence-corrected chi connectivity index (χ4v) is 1.89. The van der Waals surface area contributed by atoms with Crippen LogP contribution < -0.4 is 10.6 Å². The molecule has 4 nitrogen and oxygen atoms in total. The molecule has 0 radical (unpaired) electrons. The molecule has 0 fully saturated rings. The smallest absolute Gasteiger partial charge is 0.234 e. The first-order chi connectivity index (χ1) is 9.29. The Morgan fingerprint density at radius 1 is 1.20 bits per heavy atom. The van der Waals surface area contributed by atoms with Gasteiger partial charge in [-0.15, -0.1) is 0 Å². The summed E-state index contributed by atoms with van der Waals surface area (Å²) in [5.74, 6) is 0.0303. The normalized spacial score (nSPS) is 13.3. The van der Waals surface area contributed by atoms with Crippen LogP contribution in [0.3, 0.4) is 0 Å². The minimum absolute atomic E-state index is 0.0303. The molecule has 4 heteroatoms. The van der Waals surface area contributed by atoms with Gasteiger partial charge in [-0.2, -0.15) is 0 Å². The molecule has 1 amide bonds. The highest BCUT2D eigenvalue weighted by Gasteiger charge is 2.16. The molecule has 20 heavy (non-hydrogen) atoms. The van der Waals surface area contributed by atoms with Crippen molar-refractivity contribution in [3.63, 3.8) is 0 Å². The lowest BCUT2D eigenvalue weighted by atomic mass is 10.1. The van der Waals surface area contributed by atoms with Gasteiger partial charge in [-0.25, -0.2) is 0 Å². The first-order valence-corrected chi connectivity index (χ1v) is 7.03. The van der Waals surface area contributed by atoms with Gasteiger partial charge in [0.25, 0.3) is 0 Å². The van der Waals surface area contributed by atoms with Crippen LogP contribution in [0.5, 0.6) is 0 Å². The van der Waals surface area contributed by atoms with E-state index >= 15 is 0 Å². The molecule has 2 N–H and O–H groups in total. The molecule has 1 aromatic carbocycles. The van der Waals surface area contributed by atoms with Crippen molar-refractivity contribution >= 4 is 5.91 Å². The zero-order chi connectivity index (χ0) is 15.2. The molecule has 0 saturated heterocycles. The van der Waals surface area contributed by atoms with Crippen LogP contribution >= 0.6 is 0 Å². The number of benzene rings is 1. The van der Waals surface area contributed by atoms with E-state index in [2.05, 4.69) is 27.7 Å². The van der Waals surface area contributed by atoms with E-state index < -0.39 is 0 Å². The van der Waals surface area contributed by atoms with Gasteiger partial charge in [0.1, 0.15) is 0 Å². The van der Waals surface area contributed by atoms with Crippen molar-refractivity contribution in [1.82, 2.24) is 15.5 Å². The van der Waals surface area contributed by atoms with Gasteiger partial charge in [0.05, 0.1) is 12.6 Å². The highest BCUT2D eigenvalue weighted by atomic mass is 16.1. The van der Waals surface area contributed by atoms with Crippen molar-refractivity contribution < 1.29 is 4.79 Å². The summed E-state index contributed by atoms with van der Waals surface area (Å²) in [7, 11) is 4.05. The van der Waals surface area contributed by atoms with Crippen molar-refractivity contribution in [3.8, 4) is 0 Å². The van der Waals surface area contributed by atoms with E-state index in [1.807, 2.05) is 53.1 Å². The first-order valence-electron chi connectivity index (χ1n) is 7.03. The van der Waals surface area contributed by atoms with E-state index in [4.69, 9.17) is 0 Å². The number of amides is 1. The lowest BCUT2D eigenvalue weighted by Gasteiger charge is -2.26. The number of likely N-dealkylation sites (N-methyl/N-ethyl adjacent to an activating group) is 1. The summed E-state index contributed by atoms with van der Waals surface area (Å²) in [6.07, 6.45) is 0. The Hall–Kier alpha value is -1.39. The summed E-state index contributed by atoms with van der Waals surface area (Å²) < 4.78 is 0. The highest BCUT2D eigenvalue weighted by Crippen LogP contribution is 2.16. The number of carbonyl (C=O) groups is 1. The monoisotopic (exact) mass is 277 g/mol. The third-order valence-electron chi connectivity index (χ3n) is 3.08. The summed E-state index contributed by atoms with van der Waals surface area (Å²) in [5, 5.41) is 6.18. The van der Waals surface area contributed by atoms with E-state index in [1.165, 1.54) is 5.56 Å². The Balaban J connectivity index is 2.50. The topological polar surface area (TPSA) is 44.4 Å². The average Bonchev–Trinajstić information content (AvgIpc) is 2.36. The zero-order valence-corrected chi connectivity index (χ0v) is 13.2. The number of nitrogens with zero attached hydrogens (tertiary/aromatic N) is 1. The molecule has 112 valence electrons. The van der Waals surface area contributed by atoms with Gasteiger partial charge in [0.2, 0.25) is 5.91 Å². The number of hydrogen-bond donors (Lipinski definition) is 2. The maximum absolute atomic E-state index is 11.9. The second-order valence-electron chi connectivity index (χ2n) is 6.30. The zero-order valence-electron chi connectivity index (χ0n) is 13.2. The van der Waals surface area contributed by atoms with Gasteiger partial charge < -0.3 is 15.5 Å². The summed E-state index contributed by atoms with van der Waals surface area (Å²) in [6.45, 7) is 7.10. The molecule has 0 spiro atoms. The Labute approximate surface area is 122 Å². The second kappa shape index (κ2) is 7.41. The van der Waals surface area contributed by atoms with Crippen LogP contribution in [-0.4, -0.2) is 43.5 Å². The fourth-order valence-electron chi connectivity index (χ4n) is 1.89. The molecule has 0 aliphatic carbocycles. The molecule has 1 atom stereocenters. The fraction of sp³-hybridized carbons (Fsp3) is 0.562. The SMILES string of the molecule is CN(C)C(CNC(=O)CNC(C)(C)C)c1ccccc1. The Bertz CT molecular complexity index is 409. The van der Waals surface area contributed by atoms with Crippen LogP contribution in [0.4, 0.5) is 0 Å². The number of carbonyl (C=O) groups excluding carboxylic acids is 1. The highest BCUT2D eigenvalue weighted by molar-refractivity contribution is 5.78. The molecule has 1 aromatic rings. The lowest BCUT2D eigenvalue weighted by molar-refractivity contribution is -0.120. The van der Waals surface area contributed by atoms with Gasteiger partial charge in [0, 0.05) is 12.1 Å². The third kappa shape index (κ3) is 6.17. The van der Waals surface area contributed by atoms with Crippen LogP contribution in [0.1, 0.15) is 32.4 Å². The molecule has 0 aliphatic rings. The Morgan fingerprint density at radius 2 is 1.80 bits per heavy atom. The first kappa shape index (κ1) is 16.7. The van der Waals surface area contributed by atoms with Gasteiger partial charge in [-0.1, -0.05) is 30.3 Å². The van der Waals surface area contributed by atoms with Gasteiger partial charge in [-0.3, -0.25) is 4.79 Å². The predicted octanol–water partition coefficient (Wildman–Crippen LogP) is 1.79. The number of nitrogens with one attached hydrogen (secondary N) is 2. The summed E-state index contributed by atoms with van der Waals surface area (Å²) in [5.41, 5.74) is 1.17. The molecular formula is C16H27N3O. The van der Waals surface area contributed by atoms with Gasteiger partial charge in [-0.05, 0) is 40.4 Å². The van der Waals surface area contributed by atoms with Gasteiger partial charge >= 0.3 is 0 Å². The van der Waals surface area contributed by atoms with E-state index in [0.717, 1.165) is 0 Å². The standard InChI is InChI=1S/C16H27N3O/c1-16(2,3)18-12-15(20)17-11-14(19(4)5)13-9-7-6-8-10-13/h6-10,14,18H,11-12H2,1-5H3,(H,17,20). The minimum Gasteiger partial charge on any atom is -0.353 e. The summed E-state index contributed by atoms with van der Waals surface area (Å²) in [6, 6.07) is 10.4. The molecule has 0 bridgehead atoms.